The molecule has 1 aliphatic carbocycles. The molecular weight excluding hydrogens is 314 g/mol. The smallest absolute Gasteiger partial charge is 0.308 e. The van der Waals surface area contributed by atoms with Gasteiger partial charge >= 0.3 is 5.97 Å². The van der Waals surface area contributed by atoms with Gasteiger partial charge in [-0.2, -0.15) is 0 Å². The predicted molar refractivity (Wildman–Crippen MR) is 88.5 cm³/mol. The Balaban J connectivity index is 1.88. The van der Waals surface area contributed by atoms with Crippen molar-refractivity contribution in [2.45, 2.75) is 50.5 Å². The van der Waals surface area contributed by atoms with Crippen molar-refractivity contribution < 1.29 is 14.7 Å². The van der Waals surface area contributed by atoms with Crippen molar-refractivity contribution in [3.63, 3.8) is 0 Å². The number of carboxylic acids is 1. The van der Waals surface area contributed by atoms with Crippen molar-refractivity contribution in [1.29, 1.82) is 0 Å². The SMILES string of the molecule is C[C@H]1[C@H](C(=O)O)CCCN1C(=O)C1(c2ccc(Cl)cc2)CCC1. The van der Waals surface area contributed by atoms with Crippen LogP contribution in [0.2, 0.25) is 5.02 Å². The number of halogens is 1. The number of hydrogen-bond acceptors (Lipinski definition) is 2. The normalized spacial score (nSPS) is 26.4. The minimum Gasteiger partial charge on any atom is -0.481 e. The molecule has 1 aromatic carbocycles. The van der Waals surface area contributed by atoms with Crippen LogP contribution >= 0.6 is 11.6 Å². The van der Waals surface area contributed by atoms with E-state index in [1.165, 1.54) is 0 Å². The Labute approximate surface area is 141 Å². The number of amides is 1. The van der Waals surface area contributed by atoms with Gasteiger partial charge in [0.2, 0.25) is 5.91 Å². The second-order valence-electron chi connectivity index (χ2n) is 6.77. The van der Waals surface area contributed by atoms with Gasteiger partial charge in [-0.25, -0.2) is 0 Å². The van der Waals surface area contributed by atoms with Gasteiger partial charge in [0.05, 0.1) is 11.3 Å². The zero-order valence-electron chi connectivity index (χ0n) is 13.3. The Morgan fingerprint density at radius 2 is 1.87 bits per heavy atom. The number of nitrogens with zero attached hydrogens (tertiary/aromatic N) is 1. The molecule has 124 valence electrons. The predicted octanol–water partition coefficient (Wildman–Crippen LogP) is 3.47. The van der Waals surface area contributed by atoms with Crippen LogP contribution in [0.4, 0.5) is 0 Å². The molecule has 1 saturated carbocycles. The van der Waals surface area contributed by atoms with E-state index in [1.807, 2.05) is 31.2 Å². The van der Waals surface area contributed by atoms with Crippen LogP contribution in [-0.4, -0.2) is 34.5 Å². The molecule has 4 nitrogen and oxygen atoms in total. The van der Waals surface area contributed by atoms with Crippen LogP contribution in [0.1, 0.15) is 44.6 Å². The lowest BCUT2D eigenvalue weighted by Crippen LogP contribution is -2.57. The summed E-state index contributed by atoms with van der Waals surface area (Å²) in [6.07, 6.45) is 4.08. The van der Waals surface area contributed by atoms with Gasteiger partial charge in [0.1, 0.15) is 0 Å². The van der Waals surface area contributed by atoms with Gasteiger partial charge in [-0.15, -0.1) is 0 Å². The highest BCUT2D eigenvalue weighted by Gasteiger charge is 2.50. The van der Waals surface area contributed by atoms with E-state index in [4.69, 9.17) is 11.6 Å². The molecule has 2 fully saturated rings. The van der Waals surface area contributed by atoms with E-state index in [0.717, 1.165) is 31.2 Å². The Bertz CT molecular complexity index is 609. The van der Waals surface area contributed by atoms with E-state index in [2.05, 4.69) is 0 Å². The third-order valence-corrected chi connectivity index (χ3v) is 5.83. The minimum atomic E-state index is -0.802. The molecule has 23 heavy (non-hydrogen) atoms. The molecule has 1 aromatic rings. The molecule has 5 heteroatoms. The number of carboxylic acid groups (broad SMARTS) is 1. The maximum Gasteiger partial charge on any atom is 0.308 e. The van der Waals surface area contributed by atoms with Crippen molar-refractivity contribution in [3.05, 3.63) is 34.9 Å². The summed E-state index contributed by atoms with van der Waals surface area (Å²) in [7, 11) is 0. The molecule has 1 amide bonds. The highest BCUT2D eigenvalue weighted by atomic mass is 35.5. The first-order chi connectivity index (χ1) is 11.0. The van der Waals surface area contributed by atoms with Gasteiger partial charge in [0.25, 0.3) is 0 Å². The summed E-state index contributed by atoms with van der Waals surface area (Å²) in [6, 6.07) is 7.26. The minimum absolute atomic E-state index is 0.0875. The van der Waals surface area contributed by atoms with E-state index in [-0.39, 0.29) is 11.9 Å². The van der Waals surface area contributed by atoms with E-state index in [1.54, 1.807) is 4.90 Å². The molecule has 1 N–H and O–H groups in total. The van der Waals surface area contributed by atoms with Crippen LogP contribution in [-0.2, 0) is 15.0 Å². The maximum absolute atomic E-state index is 13.3. The Hall–Kier alpha value is -1.55. The van der Waals surface area contributed by atoms with Crippen molar-refractivity contribution in [1.82, 2.24) is 4.90 Å². The number of likely N-dealkylation sites (tertiary alicyclic amines) is 1. The third-order valence-electron chi connectivity index (χ3n) is 5.58. The molecule has 2 aliphatic rings. The van der Waals surface area contributed by atoms with Crippen LogP contribution < -0.4 is 0 Å². The molecular formula is C18H22ClNO3. The number of carbonyl (C=O) groups is 2. The second-order valence-corrected chi connectivity index (χ2v) is 7.21. The van der Waals surface area contributed by atoms with Crippen molar-refractivity contribution in [2.75, 3.05) is 6.54 Å². The number of benzene rings is 1. The van der Waals surface area contributed by atoms with Crippen LogP contribution in [0, 0.1) is 5.92 Å². The average Bonchev–Trinajstić information content (AvgIpc) is 2.47. The van der Waals surface area contributed by atoms with Crippen LogP contribution in [0.15, 0.2) is 24.3 Å². The summed E-state index contributed by atoms with van der Waals surface area (Å²) in [4.78, 5) is 26.5. The fraction of sp³-hybridized carbons (Fsp3) is 0.556. The maximum atomic E-state index is 13.3. The first-order valence-corrected chi connectivity index (χ1v) is 8.63. The lowest BCUT2D eigenvalue weighted by molar-refractivity contribution is -0.153. The van der Waals surface area contributed by atoms with E-state index in [9.17, 15) is 14.7 Å². The largest absolute Gasteiger partial charge is 0.481 e. The van der Waals surface area contributed by atoms with E-state index >= 15 is 0 Å². The Morgan fingerprint density at radius 3 is 2.39 bits per heavy atom. The summed E-state index contributed by atoms with van der Waals surface area (Å²) in [5.41, 5.74) is 0.516. The first-order valence-electron chi connectivity index (χ1n) is 8.25. The highest BCUT2D eigenvalue weighted by molar-refractivity contribution is 6.30. The summed E-state index contributed by atoms with van der Waals surface area (Å²) in [5.74, 6) is -1.18. The van der Waals surface area contributed by atoms with Gasteiger partial charge < -0.3 is 10.0 Å². The molecule has 3 rings (SSSR count). The lowest BCUT2D eigenvalue weighted by Gasteiger charge is -2.48. The number of carbonyl (C=O) groups excluding carboxylic acids is 1. The Morgan fingerprint density at radius 1 is 1.22 bits per heavy atom. The number of aliphatic carboxylic acids is 1. The van der Waals surface area contributed by atoms with Crippen LogP contribution in [0.5, 0.6) is 0 Å². The summed E-state index contributed by atoms with van der Waals surface area (Å²) in [5, 5.41) is 10.0. The van der Waals surface area contributed by atoms with Crippen molar-refractivity contribution >= 4 is 23.5 Å². The molecule has 0 radical (unpaired) electrons. The standard InChI is InChI=1S/C18H22ClNO3/c1-12-15(16(21)22)4-2-11-20(12)17(23)18(9-3-10-18)13-5-7-14(19)8-6-13/h5-8,12,15H,2-4,9-11H2,1H3,(H,21,22)/t12-,15+/m0/s1. The molecule has 2 atom stereocenters. The average molecular weight is 336 g/mol. The second kappa shape index (κ2) is 6.16. The topological polar surface area (TPSA) is 57.6 Å². The summed E-state index contributed by atoms with van der Waals surface area (Å²) >= 11 is 5.97. The quantitative estimate of drug-likeness (QED) is 0.920. The molecule has 0 unspecified atom stereocenters. The zero-order valence-corrected chi connectivity index (χ0v) is 14.1. The molecule has 1 heterocycles. The Kier molecular flexibility index (Phi) is 4.37. The number of piperidine rings is 1. The summed E-state index contributed by atoms with van der Waals surface area (Å²) < 4.78 is 0. The zero-order chi connectivity index (χ0) is 16.6. The van der Waals surface area contributed by atoms with Crippen LogP contribution in [0.3, 0.4) is 0 Å². The monoisotopic (exact) mass is 335 g/mol. The van der Waals surface area contributed by atoms with Crippen molar-refractivity contribution in [2.24, 2.45) is 5.92 Å². The lowest BCUT2D eigenvalue weighted by atomic mass is 9.63. The van der Waals surface area contributed by atoms with Crippen molar-refractivity contribution in [3.8, 4) is 0 Å². The van der Waals surface area contributed by atoms with Gasteiger partial charge in [-0.1, -0.05) is 30.2 Å². The highest BCUT2D eigenvalue weighted by Crippen LogP contribution is 2.46. The molecule has 0 spiro atoms. The first kappa shape index (κ1) is 16.3. The van der Waals surface area contributed by atoms with Crippen LogP contribution in [0.25, 0.3) is 0 Å². The number of rotatable bonds is 3. The van der Waals surface area contributed by atoms with E-state index < -0.39 is 17.3 Å². The van der Waals surface area contributed by atoms with Gasteiger partial charge in [-0.3, -0.25) is 9.59 Å². The molecule has 1 aliphatic heterocycles. The molecule has 0 aromatic heterocycles. The van der Waals surface area contributed by atoms with Gasteiger partial charge in [0.15, 0.2) is 0 Å². The fourth-order valence-corrected chi connectivity index (χ4v) is 4.09. The third kappa shape index (κ3) is 2.74. The van der Waals surface area contributed by atoms with Gasteiger partial charge in [-0.05, 0) is 50.3 Å². The van der Waals surface area contributed by atoms with Gasteiger partial charge in [0, 0.05) is 17.6 Å². The summed E-state index contributed by atoms with van der Waals surface area (Å²) in [6.45, 7) is 2.52. The number of hydrogen-bond donors (Lipinski definition) is 1. The fourth-order valence-electron chi connectivity index (χ4n) is 3.96. The molecule has 0 bridgehead atoms. The van der Waals surface area contributed by atoms with E-state index in [0.29, 0.717) is 18.0 Å². The molecule has 1 saturated heterocycles.